The molecule has 0 aromatic heterocycles. The Balaban J connectivity index is 4.92. The van der Waals surface area contributed by atoms with E-state index in [0.717, 1.165) is 109 Å². The molecule has 0 rings (SSSR count). The second kappa shape index (κ2) is 51.2. The van der Waals surface area contributed by atoms with Crippen molar-refractivity contribution in [2.24, 2.45) is 0 Å². The molecule has 0 spiro atoms. The Kier molecular flexibility index (Phi) is 48.2. The molecule has 0 aliphatic carbocycles. The van der Waals surface area contributed by atoms with E-state index in [1.807, 2.05) is 12.2 Å². The smallest absolute Gasteiger partial charge is 0.461 e. The first-order valence-corrected chi connectivity index (χ1v) is 27.9. The molecule has 0 bridgehead atoms. The fourth-order valence-corrected chi connectivity index (χ4v) is 7.20. The van der Waals surface area contributed by atoms with Crippen LogP contribution in [0.3, 0.4) is 0 Å². The van der Waals surface area contributed by atoms with Crippen molar-refractivity contribution in [3.8, 4) is 0 Å². The molecule has 0 aliphatic heterocycles. The molecule has 0 heterocycles. The highest BCUT2D eigenvalue weighted by Crippen LogP contribution is 2.43. The molecule has 0 radical (unpaired) electrons. The van der Waals surface area contributed by atoms with E-state index < -0.39 is 64.4 Å². The van der Waals surface area contributed by atoms with Gasteiger partial charge in [-0.15, -0.1) is 0 Å². The van der Waals surface area contributed by atoms with Gasteiger partial charge in [-0.1, -0.05) is 181 Å². The number of aliphatic hydroxyl groups excluding tert-OH is 1. The summed E-state index contributed by atoms with van der Waals surface area (Å²) in [5, 5.41) is 9.77. The maximum atomic E-state index is 12.9. The first kappa shape index (κ1) is 65.9. The minimum atomic E-state index is -4.78. The summed E-state index contributed by atoms with van der Waals surface area (Å²) < 4.78 is 39.2. The fourth-order valence-electron chi connectivity index (χ4n) is 6.41. The lowest BCUT2D eigenvalue weighted by Gasteiger charge is -2.21. The Morgan fingerprint density at radius 1 is 0.429 bits per heavy atom. The molecule has 12 heteroatoms. The van der Waals surface area contributed by atoms with Crippen LogP contribution in [0.1, 0.15) is 188 Å². The molecular weight excluding hydrogens is 904 g/mol. The highest BCUT2D eigenvalue weighted by molar-refractivity contribution is 7.47. The number of phosphoric acid groups is 1. The summed E-state index contributed by atoms with van der Waals surface area (Å²) in [6.45, 7) is 4.19. The van der Waals surface area contributed by atoms with Gasteiger partial charge in [-0.05, 0) is 109 Å². The number of aliphatic hydroxyl groups is 1. The minimum absolute atomic E-state index is 0.0168. The molecule has 0 aromatic rings. The molecule has 0 saturated heterocycles. The van der Waals surface area contributed by atoms with Crippen LogP contribution >= 0.6 is 7.82 Å². The lowest BCUT2D eigenvalue weighted by molar-refractivity contribution is -0.161. The van der Waals surface area contributed by atoms with Gasteiger partial charge in [0.25, 0.3) is 0 Å². The van der Waals surface area contributed by atoms with Crippen LogP contribution in [0.5, 0.6) is 0 Å². The van der Waals surface area contributed by atoms with Gasteiger partial charge in [0, 0.05) is 12.8 Å². The molecule has 396 valence electrons. The molecule has 0 aromatic carbocycles. The van der Waals surface area contributed by atoms with Gasteiger partial charge < -0.3 is 24.2 Å². The van der Waals surface area contributed by atoms with Gasteiger partial charge in [-0.25, -0.2) is 4.57 Å². The summed E-state index contributed by atoms with van der Waals surface area (Å²) >= 11 is 0. The van der Waals surface area contributed by atoms with Crippen LogP contribution in [0.25, 0.3) is 0 Å². The normalized spacial score (nSPS) is 14.4. The van der Waals surface area contributed by atoms with Gasteiger partial charge in [0.2, 0.25) is 0 Å². The average Bonchev–Trinajstić information content (AvgIpc) is 3.35. The maximum Gasteiger partial charge on any atom is 0.472 e. The van der Waals surface area contributed by atoms with Crippen molar-refractivity contribution in [3.63, 3.8) is 0 Å². The van der Waals surface area contributed by atoms with Gasteiger partial charge in [-0.2, -0.15) is 0 Å². The quantitative estimate of drug-likeness (QED) is 0.0197. The lowest BCUT2D eigenvalue weighted by atomic mass is 10.1. The van der Waals surface area contributed by atoms with Crippen molar-refractivity contribution < 1.29 is 52.2 Å². The van der Waals surface area contributed by atoms with E-state index in [4.69, 9.17) is 23.3 Å². The zero-order valence-electron chi connectivity index (χ0n) is 43.4. The SMILES string of the molecule is CC/C=C\C/C=C\C/C=C\C/C=C\C/C=C\CC(=O)OCC(COP(=O)(O)OCC(CO)OC(=O)CCCCC/C=C\C/C=C\C/C=C\CC)OC(=O)CCCCCCC/C=C\C/C=C\CCCCC. The molecule has 2 N–H and O–H groups in total. The van der Waals surface area contributed by atoms with Gasteiger partial charge >= 0.3 is 25.7 Å². The summed E-state index contributed by atoms with van der Waals surface area (Å²) in [6, 6.07) is 0. The largest absolute Gasteiger partial charge is 0.472 e. The van der Waals surface area contributed by atoms with Gasteiger partial charge in [0.1, 0.15) is 12.7 Å². The first-order valence-electron chi connectivity index (χ1n) is 26.4. The van der Waals surface area contributed by atoms with Crippen molar-refractivity contribution >= 4 is 25.7 Å². The topological polar surface area (TPSA) is 155 Å². The summed E-state index contributed by atoms with van der Waals surface area (Å²) in [5.74, 6) is -1.68. The van der Waals surface area contributed by atoms with Crippen molar-refractivity contribution in [2.75, 3.05) is 26.4 Å². The van der Waals surface area contributed by atoms with E-state index in [1.165, 1.54) is 19.3 Å². The van der Waals surface area contributed by atoms with E-state index >= 15 is 0 Å². The predicted molar refractivity (Wildman–Crippen MR) is 288 cm³/mol. The number of ether oxygens (including phenoxy) is 3. The Hall–Kier alpha value is -4.12. The minimum Gasteiger partial charge on any atom is -0.461 e. The van der Waals surface area contributed by atoms with E-state index in [1.54, 1.807) is 6.08 Å². The number of esters is 3. The summed E-state index contributed by atoms with van der Waals surface area (Å²) in [5.41, 5.74) is 0. The van der Waals surface area contributed by atoms with Gasteiger partial charge in [-0.3, -0.25) is 23.4 Å². The number of carbonyl (C=O) groups excluding carboxylic acids is 3. The monoisotopic (exact) mass is 997 g/mol. The van der Waals surface area contributed by atoms with Gasteiger partial charge in [0.15, 0.2) is 6.10 Å². The summed E-state index contributed by atoms with van der Waals surface area (Å²) in [7, 11) is -4.78. The molecule has 3 atom stereocenters. The second-order valence-electron chi connectivity index (χ2n) is 16.9. The van der Waals surface area contributed by atoms with Crippen molar-refractivity contribution in [2.45, 2.75) is 200 Å². The van der Waals surface area contributed by atoms with Crippen LogP contribution < -0.4 is 0 Å². The molecule has 0 saturated carbocycles. The van der Waals surface area contributed by atoms with Crippen molar-refractivity contribution in [3.05, 3.63) is 122 Å². The van der Waals surface area contributed by atoms with Crippen LogP contribution in [0.4, 0.5) is 0 Å². The molecule has 0 aliphatic rings. The van der Waals surface area contributed by atoms with Crippen molar-refractivity contribution in [1.82, 2.24) is 0 Å². The van der Waals surface area contributed by atoms with Crippen molar-refractivity contribution in [1.29, 1.82) is 0 Å². The number of rotatable bonds is 47. The van der Waals surface area contributed by atoms with Crippen LogP contribution in [0, 0.1) is 0 Å². The number of carbonyl (C=O) groups is 3. The van der Waals surface area contributed by atoms with E-state index in [9.17, 15) is 28.9 Å². The van der Waals surface area contributed by atoms with E-state index in [-0.39, 0.29) is 19.3 Å². The Morgan fingerprint density at radius 3 is 1.23 bits per heavy atom. The fraction of sp³-hybridized carbons (Fsp3) is 0.603. The second-order valence-corrected chi connectivity index (χ2v) is 18.4. The zero-order chi connectivity index (χ0) is 51.3. The average molecular weight is 997 g/mol. The third-order valence-electron chi connectivity index (χ3n) is 10.4. The number of hydrogen-bond donors (Lipinski definition) is 2. The third-order valence-corrected chi connectivity index (χ3v) is 11.3. The third kappa shape index (κ3) is 48.9. The highest BCUT2D eigenvalue weighted by Gasteiger charge is 2.28. The first-order chi connectivity index (χ1) is 34.2. The Bertz CT molecular complexity index is 1630. The predicted octanol–water partition coefficient (Wildman–Crippen LogP) is 15.2. The molecule has 0 fully saturated rings. The standard InChI is InChI=1S/C58H93O11P/c1-4-7-10-13-16-19-22-25-27-30-32-35-38-41-44-47-56(60)65-51-55(69-58(62)49-46-43-40-37-34-31-28-26-23-20-17-14-11-8-5-2)53-67-70(63,64)66-52-54(50-59)68-57(61)48-45-42-39-36-33-29-24-21-18-15-12-9-6-3/h7,9-10,12,16-21,25-29,32-33,35,41,44,54-55,59H,4-6,8,11,13-15,22-24,30-31,34,36-40,42-43,45-53H2,1-3H3,(H,63,64)/b10-7-,12-9-,19-16-,20-17-,21-18-,27-25-,28-26-,33-29-,35-32-,44-41-. The van der Waals surface area contributed by atoms with Crippen LogP contribution in [0.2, 0.25) is 0 Å². The Morgan fingerprint density at radius 2 is 0.786 bits per heavy atom. The van der Waals surface area contributed by atoms with Crippen LogP contribution in [0.15, 0.2) is 122 Å². The summed E-state index contributed by atoms with van der Waals surface area (Å²) in [4.78, 5) is 48.3. The molecule has 0 amide bonds. The highest BCUT2D eigenvalue weighted by atomic mass is 31.2. The molecular formula is C58H93O11P. The zero-order valence-corrected chi connectivity index (χ0v) is 44.3. The number of hydrogen-bond acceptors (Lipinski definition) is 10. The van der Waals surface area contributed by atoms with Crippen LogP contribution in [-0.4, -0.2) is 66.5 Å². The molecule has 3 unspecified atom stereocenters. The number of phosphoric ester groups is 1. The van der Waals surface area contributed by atoms with Gasteiger partial charge in [0.05, 0.1) is 26.2 Å². The molecule has 11 nitrogen and oxygen atoms in total. The molecule has 70 heavy (non-hydrogen) atoms. The maximum absolute atomic E-state index is 12.9. The van der Waals surface area contributed by atoms with E-state index in [2.05, 4.69) is 124 Å². The van der Waals surface area contributed by atoms with Crippen LogP contribution in [-0.2, 0) is 42.2 Å². The lowest BCUT2D eigenvalue weighted by Crippen LogP contribution is -2.30. The number of unbranched alkanes of at least 4 members (excludes halogenated alkanes) is 11. The summed E-state index contributed by atoms with van der Waals surface area (Å²) in [6.07, 6.45) is 62.0. The van der Waals surface area contributed by atoms with E-state index in [0.29, 0.717) is 19.3 Å². The Labute approximate surface area is 424 Å². The number of allylic oxidation sites excluding steroid dienone is 19.